The number of carbonyl (C=O) groups excluding carboxylic acids is 1. The summed E-state index contributed by atoms with van der Waals surface area (Å²) >= 11 is 0. The predicted molar refractivity (Wildman–Crippen MR) is 93.5 cm³/mol. The van der Waals surface area contributed by atoms with Crippen molar-refractivity contribution in [3.8, 4) is 0 Å². The normalized spacial score (nSPS) is 16.0. The van der Waals surface area contributed by atoms with Crippen molar-refractivity contribution in [2.75, 3.05) is 5.32 Å². The number of anilines is 1. The number of aryl methyl sites for hydroxylation is 1. The Hall–Kier alpha value is -2.73. The summed E-state index contributed by atoms with van der Waals surface area (Å²) in [4.78, 5) is 19.5. The molecule has 1 aliphatic rings. The molecular weight excluding hydrogens is 307 g/mol. The van der Waals surface area contributed by atoms with Gasteiger partial charge < -0.3 is 16.0 Å². The summed E-state index contributed by atoms with van der Waals surface area (Å²) in [7, 11) is 0. The van der Waals surface area contributed by atoms with Crippen LogP contribution >= 0.6 is 0 Å². The third-order valence-corrected chi connectivity index (χ3v) is 3.78. The lowest BCUT2D eigenvalue weighted by Gasteiger charge is -2.13. The minimum atomic E-state index is -0.589. The molecular formula is C18H19FN4O. The van der Waals surface area contributed by atoms with Crippen LogP contribution in [-0.4, -0.2) is 21.4 Å². The monoisotopic (exact) mass is 326 g/mol. The predicted octanol–water partition coefficient (Wildman–Crippen LogP) is 3.10. The van der Waals surface area contributed by atoms with Crippen LogP contribution in [0.25, 0.3) is 17.7 Å². The summed E-state index contributed by atoms with van der Waals surface area (Å²) in [6, 6.07) is 2.90. The lowest BCUT2D eigenvalue weighted by Crippen LogP contribution is -2.28. The fourth-order valence-corrected chi connectivity index (χ4v) is 2.54. The first-order chi connectivity index (χ1) is 11.3. The van der Waals surface area contributed by atoms with Crippen LogP contribution in [-0.2, 0) is 4.79 Å². The molecule has 1 aliphatic heterocycles. The highest BCUT2D eigenvalue weighted by Crippen LogP contribution is 2.37. The zero-order chi connectivity index (χ0) is 17.5. The highest BCUT2D eigenvalue weighted by atomic mass is 19.1. The smallest absolute Gasteiger partial charge is 0.256 e. The number of amides is 1. The van der Waals surface area contributed by atoms with E-state index in [1.807, 2.05) is 20.8 Å². The summed E-state index contributed by atoms with van der Waals surface area (Å²) < 4.78 is 14.4. The topological polar surface area (TPSA) is 83.8 Å². The second kappa shape index (κ2) is 5.72. The Bertz CT molecular complexity index is 872. The van der Waals surface area contributed by atoms with Gasteiger partial charge in [-0.15, -0.1) is 0 Å². The zero-order valence-corrected chi connectivity index (χ0v) is 13.8. The van der Waals surface area contributed by atoms with E-state index in [9.17, 15) is 9.18 Å². The first-order valence-corrected chi connectivity index (χ1v) is 7.60. The molecule has 24 heavy (non-hydrogen) atoms. The van der Waals surface area contributed by atoms with Gasteiger partial charge >= 0.3 is 0 Å². The van der Waals surface area contributed by atoms with Gasteiger partial charge in [0.2, 0.25) is 0 Å². The van der Waals surface area contributed by atoms with E-state index >= 15 is 0 Å². The van der Waals surface area contributed by atoms with Gasteiger partial charge in [-0.2, -0.15) is 0 Å². The minimum Gasteiger partial charge on any atom is -0.348 e. The van der Waals surface area contributed by atoms with Crippen molar-refractivity contribution in [3.05, 3.63) is 52.9 Å². The molecule has 0 fully saturated rings. The Morgan fingerprint density at radius 2 is 2.08 bits per heavy atom. The van der Waals surface area contributed by atoms with Gasteiger partial charge in [-0.05, 0) is 39.0 Å². The van der Waals surface area contributed by atoms with E-state index < -0.39 is 11.4 Å². The van der Waals surface area contributed by atoms with E-state index in [1.165, 1.54) is 6.07 Å². The lowest BCUT2D eigenvalue weighted by molar-refractivity contribution is -0.110. The zero-order valence-electron chi connectivity index (χ0n) is 13.8. The number of hydrogen-bond acceptors (Lipinski definition) is 3. The Balaban J connectivity index is 2.18. The molecule has 0 saturated carbocycles. The van der Waals surface area contributed by atoms with Crippen molar-refractivity contribution < 1.29 is 9.18 Å². The summed E-state index contributed by atoms with van der Waals surface area (Å²) in [5.41, 5.74) is 8.67. The maximum Gasteiger partial charge on any atom is 0.256 e. The number of aromatic nitrogens is 2. The van der Waals surface area contributed by atoms with Crippen LogP contribution in [0.1, 0.15) is 36.4 Å². The molecule has 0 saturated heterocycles. The fraction of sp³-hybridized carbons (Fsp3) is 0.222. The van der Waals surface area contributed by atoms with Crippen molar-refractivity contribution in [2.45, 2.75) is 26.3 Å². The van der Waals surface area contributed by atoms with Crippen LogP contribution in [0.5, 0.6) is 0 Å². The standard InChI is InChI=1S/C18H19FN4O/c1-10-15(22-9-21-10)8-12-16-11(6-7-18(2,3)20)13(19)4-5-14(16)23-17(12)24/h4-9H,20H2,1-3H3,(H,21,22)(H,23,24)/b7-6+,12-8-. The molecule has 4 N–H and O–H groups in total. The van der Waals surface area contributed by atoms with Crippen LogP contribution in [0.4, 0.5) is 10.1 Å². The molecule has 6 heteroatoms. The van der Waals surface area contributed by atoms with E-state index in [0.717, 1.165) is 5.69 Å². The number of benzene rings is 1. The molecule has 0 bridgehead atoms. The Morgan fingerprint density at radius 1 is 1.33 bits per heavy atom. The number of aromatic amines is 1. The maximum absolute atomic E-state index is 14.4. The van der Waals surface area contributed by atoms with Gasteiger partial charge in [0.15, 0.2) is 0 Å². The van der Waals surface area contributed by atoms with Crippen molar-refractivity contribution >= 4 is 29.3 Å². The fourth-order valence-electron chi connectivity index (χ4n) is 2.54. The minimum absolute atomic E-state index is 0.278. The molecule has 0 unspecified atom stereocenters. The van der Waals surface area contributed by atoms with Crippen molar-refractivity contribution in [1.29, 1.82) is 0 Å². The van der Waals surface area contributed by atoms with Gasteiger partial charge in [0.1, 0.15) is 5.82 Å². The molecule has 0 spiro atoms. The first kappa shape index (κ1) is 16.1. The van der Waals surface area contributed by atoms with E-state index in [0.29, 0.717) is 28.1 Å². The lowest BCUT2D eigenvalue weighted by atomic mass is 9.96. The number of nitrogens with one attached hydrogen (secondary N) is 2. The molecule has 1 amide bonds. The van der Waals surface area contributed by atoms with Crippen LogP contribution in [0, 0.1) is 12.7 Å². The number of H-pyrrole nitrogens is 1. The van der Waals surface area contributed by atoms with Gasteiger partial charge in [-0.1, -0.05) is 12.2 Å². The van der Waals surface area contributed by atoms with Gasteiger partial charge in [-0.25, -0.2) is 9.37 Å². The van der Waals surface area contributed by atoms with E-state index in [1.54, 1.807) is 30.6 Å². The molecule has 5 nitrogen and oxygen atoms in total. The third-order valence-electron chi connectivity index (χ3n) is 3.78. The molecule has 0 atom stereocenters. The molecule has 2 aromatic rings. The summed E-state index contributed by atoms with van der Waals surface area (Å²) in [5.74, 6) is -0.685. The van der Waals surface area contributed by atoms with Crippen LogP contribution in [0.2, 0.25) is 0 Å². The molecule has 124 valence electrons. The first-order valence-electron chi connectivity index (χ1n) is 7.60. The number of imidazole rings is 1. The second-order valence-electron chi connectivity index (χ2n) is 6.46. The van der Waals surface area contributed by atoms with E-state index in [4.69, 9.17) is 5.73 Å². The van der Waals surface area contributed by atoms with Crippen LogP contribution < -0.4 is 11.1 Å². The number of halogens is 1. The quantitative estimate of drug-likeness (QED) is 0.758. The highest BCUT2D eigenvalue weighted by molar-refractivity contribution is 6.35. The molecule has 2 heterocycles. The Labute approximate surface area is 139 Å². The van der Waals surface area contributed by atoms with Gasteiger partial charge in [0.05, 0.1) is 17.6 Å². The molecule has 0 radical (unpaired) electrons. The number of carbonyl (C=O) groups is 1. The number of nitrogens with zero attached hydrogens (tertiary/aromatic N) is 1. The van der Waals surface area contributed by atoms with Crippen molar-refractivity contribution in [1.82, 2.24) is 9.97 Å². The van der Waals surface area contributed by atoms with Gasteiger partial charge in [-0.3, -0.25) is 4.79 Å². The number of fused-ring (bicyclic) bond motifs is 1. The maximum atomic E-state index is 14.4. The van der Waals surface area contributed by atoms with Gasteiger partial charge in [0, 0.05) is 28.0 Å². The SMILES string of the molecule is Cc1[nH]cnc1/C=C1\C(=O)Nc2ccc(F)c(/C=C/C(C)(C)N)c21. The van der Waals surface area contributed by atoms with Crippen molar-refractivity contribution in [3.63, 3.8) is 0 Å². The Kier molecular flexibility index (Phi) is 3.85. The van der Waals surface area contributed by atoms with Gasteiger partial charge in [0.25, 0.3) is 5.91 Å². The highest BCUT2D eigenvalue weighted by Gasteiger charge is 2.28. The van der Waals surface area contributed by atoms with E-state index in [-0.39, 0.29) is 5.91 Å². The summed E-state index contributed by atoms with van der Waals surface area (Å²) in [6.07, 6.45) is 6.56. The largest absolute Gasteiger partial charge is 0.348 e. The van der Waals surface area contributed by atoms with Crippen LogP contribution in [0.15, 0.2) is 24.5 Å². The average Bonchev–Trinajstić information content (AvgIpc) is 3.02. The number of rotatable bonds is 3. The van der Waals surface area contributed by atoms with Crippen molar-refractivity contribution in [2.24, 2.45) is 5.73 Å². The molecule has 1 aromatic heterocycles. The Morgan fingerprint density at radius 3 is 2.71 bits per heavy atom. The number of nitrogens with two attached hydrogens (primary N) is 1. The van der Waals surface area contributed by atoms with E-state index in [2.05, 4.69) is 15.3 Å². The molecule has 0 aliphatic carbocycles. The average molecular weight is 326 g/mol. The summed E-state index contributed by atoms with van der Waals surface area (Å²) in [6.45, 7) is 5.49. The number of hydrogen-bond donors (Lipinski definition) is 3. The molecule has 3 rings (SSSR count). The molecule has 1 aromatic carbocycles. The summed E-state index contributed by atoms with van der Waals surface area (Å²) in [5, 5.41) is 2.77. The third kappa shape index (κ3) is 3.00. The van der Waals surface area contributed by atoms with Crippen LogP contribution in [0.3, 0.4) is 0 Å². The second-order valence-corrected chi connectivity index (χ2v) is 6.46.